The molecule has 0 aliphatic rings. The molecule has 29 heavy (non-hydrogen) atoms. The first kappa shape index (κ1) is 21.9. The zero-order valence-corrected chi connectivity index (χ0v) is 19.2. The van der Waals surface area contributed by atoms with Crippen LogP contribution in [-0.4, -0.2) is 77.7 Å². The summed E-state index contributed by atoms with van der Waals surface area (Å²) in [5, 5.41) is 11.4. The minimum absolute atomic E-state index is 0.302. The van der Waals surface area contributed by atoms with E-state index in [1.165, 1.54) is 16.4 Å². The first-order valence-electron chi connectivity index (χ1n) is 10.1. The van der Waals surface area contributed by atoms with Crippen LogP contribution in [0.5, 0.6) is 0 Å². The summed E-state index contributed by atoms with van der Waals surface area (Å²) in [6.45, 7) is 6.33. The average molecular weight is 385 g/mol. The Morgan fingerprint density at radius 1 is 0.966 bits per heavy atom. The van der Waals surface area contributed by atoms with Crippen LogP contribution in [0.3, 0.4) is 0 Å². The van der Waals surface area contributed by atoms with Gasteiger partial charge in [-0.15, -0.1) is 5.46 Å². The molecule has 0 atom stereocenters. The highest BCUT2D eigenvalue weighted by molar-refractivity contribution is 6.67. The number of pyridine rings is 1. The third-order valence-corrected chi connectivity index (χ3v) is 5.59. The van der Waals surface area contributed by atoms with Gasteiger partial charge in [0, 0.05) is 10.8 Å². The minimum Gasteiger partial charge on any atom is -0.389 e. The van der Waals surface area contributed by atoms with Gasteiger partial charge in [-0.25, -0.2) is 9.97 Å². The molecule has 3 rings (SSSR count). The van der Waals surface area contributed by atoms with Gasteiger partial charge in [-0.1, -0.05) is 23.3 Å². The number of nitrogen functional groups attached to an aromatic ring is 1. The molecule has 146 valence electrons. The Kier molecular flexibility index (Phi) is 5.41. The number of hydrogen-bond acceptors (Lipinski definition) is 5. The molecular weight excluding hydrogens is 357 g/mol. The average Bonchev–Trinajstić information content (AvgIpc) is 2.93. The van der Waals surface area contributed by atoms with E-state index in [-0.39, 0.29) is 5.40 Å². The normalized spacial score (nSPS) is 12.8. The highest BCUT2D eigenvalue weighted by Crippen LogP contribution is 2.28. The number of fused-ring (bicyclic) bond motifs is 3. The van der Waals surface area contributed by atoms with Crippen LogP contribution in [0.4, 0.5) is 5.82 Å². The van der Waals surface area contributed by atoms with Gasteiger partial charge in [0.05, 0.1) is 23.2 Å². The molecule has 1 aromatic carbocycles. The summed E-state index contributed by atoms with van der Waals surface area (Å²) in [5.41, 5.74) is 12.7. The topological polar surface area (TPSA) is 86.2 Å². The fourth-order valence-electron chi connectivity index (χ4n) is 3.78. The van der Waals surface area contributed by atoms with E-state index >= 15 is 0 Å². The van der Waals surface area contributed by atoms with Crippen LogP contribution in [0.2, 0.25) is 0 Å². The highest BCUT2D eigenvalue weighted by atomic mass is 16.5. The Morgan fingerprint density at radius 2 is 1.55 bits per heavy atom. The van der Waals surface area contributed by atoms with Gasteiger partial charge in [0.1, 0.15) is 65.0 Å². The first-order valence-corrected chi connectivity index (χ1v) is 10.1. The van der Waals surface area contributed by atoms with Crippen molar-refractivity contribution in [3.05, 3.63) is 5.82 Å². The third-order valence-electron chi connectivity index (χ3n) is 5.59. The molecule has 0 unspecified atom stereocenters. The maximum absolute atomic E-state index is 10.6. The van der Waals surface area contributed by atoms with Crippen molar-refractivity contribution < 1.29 is 9.84 Å². The van der Waals surface area contributed by atoms with Gasteiger partial charge in [0.25, 0.3) is 0 Å². The Morgan fingerprint density at radius 3 is 2.10 bits per heavy atom. The number of anilines is 1. The van der Waals surface area contributed by atoms with E-state index in [9.17, 15) is 5.11 Å². The van der Waals surface area contributed by atoms with E-state index in [2.05, 4.69) is 36.0 Å². The van der Waals surface area contributed by atoms with Crippen LogP contribution in [-0.2, 0) is 17.9 Å². The number of imidazole rings is 1. The molecule has 2 heterocycles. The van der Waals surface area contributed by atoms with Crippen LogP contribution in [0.25, 0.3) is 21.9 Å². The van der Waals surface area contributed by atoms with Crippen molar-refractivity contribution in [3.8, 4) is 0 Å². The van der Waals surface area contributed by atoms with Gasteiger partial charge in [-0.05, 0) is 13.8 Å². The van der Waals surface area contributed by atoms with Crippen molar-refractivity contribution >= 4 is 96.7 Å². The summed E-state index contributed by atoms with van der Waals surface area (Å²) < 4.78 is 8.08. The zero-order chi connectivity index (χ0) is 21.9. The molecule has 0 radical (unpaired) electrons. The molecule has 0 amide bonds. The van der Waals surface area contributed by atoms with Gasteiger partial charge in [0.2, 0.25) is 0 Å². The number of nitrogens with two attached hydrogens (primary N) is 1. The standard InChI is InChI=1S/C17H28B6N4O2/c1-16(2,28)5-27-6(4-29-17(3,22)23)25-13-14(27)7-8(18)9(19)10(20)11(21)12(7)26-15(13)24/h28H,4-5,18-23H2,1-3H3,(H2,24,26). The van der Waals surface area contributed by atoms with E-state index in [0.717, 1.165) is 27.7 Å². The van der Waals surface area contributed by atoms with Crippen LogP contribution in [0, 0.1) is 0 Å². The number of benzene rings is 1. The van der Waals surface area contributed by atoms with Crippen molar-refractivity contribution in [2.24, 2.45) is 0 Å². The number of aromatic nitrogens is 3. The lowest BCUT2D eigenvalue weighted by Crippen LogP contribution is -2.48. The van der Waals surface area contributed by atoms with E-state index in [0.29, 0.717) is 24.5 Å². The molecule has 0 saturated heterocycles. The largest absolute Gasteiger partial charge is 0.389 e. The molecule has 2 aromatic heterocycles. The lowest BCUT2D eigenvalue weighted by Gasteiger charge is -2.24. The molecule has 6 nitrogen and oxygen atoms in total. The molecule has 0 aliphatic heterocycles. The number of aliphatic hydroxyl groups is 1. The van der Waals surface area contributed by atoms with Crippen LogP contribution in [0.1, 0.15) is 26.6 Å². The SMILES string of the molecule is Bc1c(B)c(B)c2c(nc(N)c3nc(COC(B)(B)C)n(CC(C)(C)O)c32)c1B. The number of hydrogen-bond donors (Lipinski definition) is 2. The van der Waals surface area contributed by atoms with Crippen LogP contribution < -0.4 is 27.6 Å². The maximum atomic E-state index is 10.6. The van der Waals surface area contributed by atoms with Crippen molar-refractivity contribution in [1.82, 2.24) is 14.5 Å². The van der Waals surface area contributed by atoms with Crippen molar-refractivity contribution in [2.75, 3.05) is 5.73 Å². The smallest absolute Gasteiger partial charge is 0.152 e. The minimum atomic E-state index is -0.919. The molecule has 0 saturated carbocycles. The van der Waals surface area contributed by atoms with E-state index in [1.807, 2.05) is 22.6 Å². The van der Waals surface area contributed by atoms with E-state index in [4.69, 9.17) is 20.4 Å². The second-order valence-electron chi connectivity index (χ2n) is 9.75. The Balaban J connectivity index is 2.44. The molecule has 3 aromatic rings. The summed E-state index contributed by atoms with van der Waals surface area (Å²) in [6.07, 6.45) is 0. The molecule has 3 N–H and O–H groups in total. The molecule has 12 heteroatoms. The molecule has 0 fully saturated rings. The molecular formula is C17H28B6N4O2. The Bertz CT molecular complexity index is 1120. The quantitative estimate of drug-likeness (QED) is 0.427. The summed E-state index contributed by atoms with van der Waals surface area (Å²) >= 11 is 0. The fraction of sp³-hybridized carbons (Fsp3) is 0.412. The Labute approximate surface area is 177 Å². The molecule has 0 spiro atoms. The monoisotopic (exact) mass is 386 g/mol. The van der Waals surface area contributed by atoms with Gasteiger partial charge >= 0.3 is 0 Å². The van der Waals surface area contributed by atoms with Gasteiger partial charge < -0.3 is 20.1 Å². The lowest BCUT2D eigenvalue weighted by molar-refractivity contribution is 0.0502. The number of rotatable bonds is 5. The molecule has 0 bridgehead atoms. The van der Waals surface area contributed by atoms with Crippen molar-refractivity contribution in [1.29, 1.82) is 0 Å². The third kappa shape index (κ3) is 4.10. The predicted molar refractivity (Wildman–Crippen MR) is 139 cm³/mol. The number of nitrogens with zero attached hydrogens (tertiary/aromatic N) is 3. The highest BCUT2D eigenvalue weighted by Gasteiger charge is 2.25. The summed E-state index contributed by atoms with van der Waals surface area (Å²) in [4.78, 5) is 9.54. The van der Waals surface area contributed by atoms with Gasteiger partial charge in [0.15, 0.2) is 5.82 Å². The second kappa shape index (κ2) is 7.17. The predicted octanol–water partition coefficient (Wildman–Crippen LogP) is -6.57. The van der Waals surface area contributed by atoms with E-state index in [1.54, 1.807) is 13.8 Å². The Hall–Kier alpha value is -1.79. The van der Waals surface area contributed by atoms with Crippen LogP contribution in [0.15, 0.2) is 0 Å². The summed E-state index contributed by atoms with van der Waals surface area (Å²) in [7, 11) is 12.5. The summed E-state index contributed by atoms with van der Waals surface area (Å²) in [6, 6.07) is 0. The van der Waals surface area contributed by atoms with E-state index < -0.39 is 5.60 Å². The van der Waals surface area contributed by atoms with Crippen LogP contribution >= 0.6 is 0 Å². The fourth-order valence-corrected chi connectivity index (χ4v) is 3.78. The van der Waals surface area contributed by atoms with Crippen molar-refractivity contribution in [2.45, 2.75) is 44.9 Å². The first-order chi connectivity index (χ1) is 13.2. The number of ether oxygens (including phenoxy) is 1. The van der Waals surface area contributed by atoms with Gasteiger partial charge in [-0.3, -0.25) is 0 Å². The zero-order valence-electron chi connectivity index (χ0n) is 19.2. The summed E-state index contributed by atoms with van der Waals surface area (Å²) in [5.74, 6) is 1.15. The lowest BCUT2D eigenvalue weighted by atomic mass is 9.65. The van der Waals surface area contributed by atoms with Gasteiger partial charge in [-0.2, -0.15) is 0 Å². The van der Waals surface area contributed by atoms with Crippen molar-refractivity contribution in [3.63, 3.8) is 0 Å². The second-order valence-corrected chi connectivity index (χ2v) is 9.75. The molecule has 0 aliphatic carbocycles. The maximum Gasteiger partial charge on any atom is 0.152 e.